The number of anilines is 1. The van der Waals surface area contributed by atoms with Crippen molar-refractivity contribution in [1.82, 2.24) is 0 Å². The maximum absolute atomic E-state index is 13.1. The first kappa shape index (κ1) is 18.5. The van der Waals surface area contributed by atoms with Gasteiger partial charge in [-0.2, -0.15) is 0 Å². The van der Waals surface area contributed by atoms with Gasteiger partial charge in [0.2, 0.25) is 0 Å². The SMILES string of the molecule is C[C@@H](C(=O)N1CCc2ccccc21)[NH+]1CC[NH+](Cc2ccc(Cl)cc2)CC1. The minimum atomic E-state index is 0.0215. The summed E-state index contributed by atoms with van der Waals surface area (Å²) in [5, 5.41) is 0.791. The average Bonchev–Trinajstić information content (AvgIpc) is 3.13. The third kappa shape index (κ3) is 4.03. The van der Waals surface area contributed by atoms with Gasteiger partial charge in [-0.3, -0.25) is 4.79 Å². The van der Waals surface area contributed by atoms with E-state index < -0.39 is 0 Å². The maximum Gasteiger partial charge on any atom is 0.284 e. The van der Waals surface area contributed by atoms with Crippen LogP contribution in [0, 0.1) is 0 Å². The lowest BCUT2D eigenvalue weighted by Crippen LogP contribution is -3.29. The lowest BCUT2D eigenvalue weighted by molar-refractivity contribution is -1.02. The van der Waals surface area contributed by atoms with Crippen molar-refractivity contribution in [2.45, 2.75) is 25.9 Å². The average molecular weight is 386 g/mol. The highest BCUT2D eigenvalue weighted by atomic mass is 35.5. The number of hydrogen-bond acceptors (Lipinski definition) is 1. The van der Waals surface area contributed by atoms with E-state index in [4.69, 9.17) is 11.6 Å². The molecule has 2 heterocycles. The summed E-state index contributed by atoms with van der Waals surface area (Å²) < 4.78 is 0. The van der Waals surface area contributed by atoms with Gasteiger partial charge >= 0.3 is 0 Å². The second-order valence-electron chi connectivity index (χ2n) is 7.80. The summed E-state index contributed by atoms with van der Waals surface area (Å²) in [6.07, 6.45) is 0.975. The summed E-state index contributed by atoms with van der Waals surface area (Å²) in [5.41, 5.74) is 3.74. The smallest absolute Gasteiger partial charge is 0.284 e. The number of quaternary nitrogens is 2. The fourth-order valence-electron chi connectivity index (χ4n) is 4.40. The summed E-state index contributed by atoms with van der Waals surface area (Å²) >= 11 is 5.98. The Labute approximate surface area is 166 Å². The number of hydrogen-bond donors (Lipinski definition) is 2. The molecule has 0 saturated carbocycles. The van der Waals surface area contributed by atoms with Gasteiger partial charge in [0.25, 0.3) is 5.91 Å². The number of fused-ring (bicyclic) bond motifs is 1. The van der Waals surface area contributed by atoms with Crippen LogP contribution in [0.5, 0.6) is 0 Å². The van der Waals surface area contributed by atoms with Crippen LogP contribution in [-0.2, 0) is 17.8 Å². The Hall–Kier alpha value is -1.88. The summed E-state index contributed by atoms with van der Waals surface area (Å²) in [6, 6.07) is 16.5. The highest BCUT2D eigenvalue weighted by Gasteiger charge is 2.35. The Balaban J connectivity index is 1.33. The van der Waals surface area contributed by atoms with Crippen LogP contribution in [0.3, 0.4) is 0 Å². The van der Waals surface area contributed by atoms with Gasteiger partial charge in [0.15, 0.2) is 6.04 Å². The Morgan fingerprint density at radius 3 is 2.52 bits per heavy atom. The molecule has 1 fully saturated rings. The molecule has 0 aromatic heterocycles. The van der Waals surface area contributed by atoms with Crippen molar-refractivity contribution in [1.29, 1.82) is 0 Å². The highest BCUT2D eigenvalue weighted by Crippen LogP contribution is 2.27. The van der Waals surface area contributed by atoms with Gasteiger partial charge in [0.1, 0.15) is 32.7 Å². The molecule has 4 nitrogen and oxygen atoms in total. The number of nitrogens with one attached hydrogen (secondary N) is 2. The Morgan fingerprint density at radius 2 is 1.78 bits per heavy atom. The minimum absolute atomic E-state index is 0.0215. The Kier molecular flexibility index (Phi) is 5.48. The number of benzene rings is 2. The predicted octanol–water partition coefficient (Wildman–Crippen LogP) is 0.601. The van der Waals surface area contributed by atoms with E-state index in [0.29, 0.717) is 0 Å². The molecule has 2 aromatic carbocycles. The van der Waals surface area contributed by atoms with E-state index in [0.717, 1.165) is 56.4 Å². The van der Waals surface area contributed by atoms with Gasteiger partial charge < -0.3 is 14.7 Å². The molecule has 2 aliphatic rings. The molecule has 5 heteroatoms. The topological polar surface area (TPSA) is 29.2 Å². The lowest BCUT2D eigenvalue weighted by Gasteiger charge is -2.34. The number of para-hydroxylation sites is 1. The number of amides is 1. The van der Waals surface area contributed by atoms with E-state index in [2.05, 4.69) is 37.3 Å². The standard InChI is InChI=1S/C22H26ClN3O/c1-17(22(27)26-11-10-19-4-2-3-5-21(19)26)25-14-12-24(13-15-25)16-18-6-8-20(23)9-7-18/h2-9,17H,10-16H2,1H3/p+2/t17-/m0/s1. The second-order valence-corrected chi connectivity index (χ2v) is 8.24. The van der Waals surface area contributed by atoms with Crippen LogP contribution in [0.4, 0.5) is 5.69 Å². The molecule has 1 amide bonds. The fraction of sp³-hybridized carbons (Fsp3) is 0.409. The van der Waals surface area contributed by atoms with Gasteiger partial charge in [0, 0.05) is 22.8 Å². The quantitative estimate of drug-likeness (QED) is 0.793. The molecule has 0 aliphatic carbocycles. The monoisotopic (exact) mass is 385 g/mol. The van der Waals surface area contributed by atoms with Crippen LogP contribution in [0.25, 0.3) is 0 Å². The zero-order valence-corrected chi connectivity index (χ0v) is 16.6. The van der Waals surface area contributed by atoms with Gasteiger partial charge in [-0.05, 0) is 37.1 Å². The molecule has 0 unspecified atom stereocenters. The largest absolute Gasteiger partial charge is 0.322 e. The van der Waals surface area contributed by atoms with Crippen LogP contribution in [-0.4, -0.2) is 44.7 Å². The van der Waals surface area contributed by atoms with Crippen molar-refractivity contribution in [3.05, 3.63) is 64.7 Å². The van der Waals surface area contributed by atoms with Crippen LogP contribution < -0.4 is 14.7 Å². The third-order valence-corrected chi connectivity index (χ3v) is 6.35. The molecule has 0 bridgehead atoms. The number of rotatable bonds is 4. The maximum atomic E-state index is 13.1. The van der Waals surface area contributed by atoms with Gasteiger partial charge in [-0.15, -0.1) is 0 Å². The van der Waals surface area contributed by atoms with E-state index in [-0.39, 0.29) is 11.9 Å². The molecular weight excluding hydrogens is 358 g/mol. The number of carbonyl (C=O) groups excluding carboxylic acids is 1. The van der Waals surface area contributed by atoms with Gasteiger partial charge in [-0.25, -0.2) is 0 Å². The van der Waals surface area contributed by atoms with Crippen LogP contribution >= 0.6 is 11.6 Å². The van der Waals surface area contributed by atoms with E-state index in [1.54, 1.807) is 4.90 Å². The third-order valence-electron chi connectivity index (χ3n) is 6.10. The van der Waals surface area contributed by atoms with Crippen molar-refractivity contribution in [2.75, 3.05) is 37.6 Å². The molecule has 2 aliphatic heterocycles. The van der Waals surface area contributed by atoms with Crippen molar-refractivity contribution in [3.8, 4) is 0 Å². The number of halogens is 1. The van der Waals surface area contributed by atoms with Crippen LogP contribution in [0.15, 0.2) is 48.5 Å². The second kappa shape index (κ2) is 8.01. The predicted molar refractivity (Wildman–Crippen MR) is 109 cm³/mol. The molecule has 2 aromatic rings. The van der Waals surface area contributed by atoms with E-state index in [9.17, 15) is 4.79 Å². The lowest BCUT2D eigenvalue weighted by atomic mass is 10.1. The van der Waals surface area contributed by atoms with Gasteiger partial charge in [-0.1, -0.05) is 41.9 Å². The fourth-order valence-corrected chi connectivity index (χ4v) is 4.53. The Bertz CT molecular complexity index is 799. The number of nitrogens with zero attached hydrogens (tertiary/aromatic N) is 1. The van der Waals surface area contributed by atoms with Crippen molar-refractivity contribution in [2.24, 2.45) is 0 Å². The summed E-state index contributed by atoms with van der Waals surface area (Å²) in [4.78, 5) is 18.1. The molecule has 142 valence electrons. The molecule has 1 saturated heterocycles. The summed E-state index contributed by atoms with van der Waals surface area (Å²) in [5.74, 6) is 0.274. The van der Waals surface area contributed by atoms with Crippen molar-refractivity contribution in [3.63, 3.8) is 0 Å². The normalized spacial score (nSPS) is 23.1. The molecule has 1 atom stereocenters. The molecule has 4 rings (SSSR count). The first-order chi connectivity index (χ1) is 13.1. The number of carbonyl (C=O) groups is 1. The van der Waals surface area contributed by atoms with E-state index in [1.165, 1.54) is 16.0 Å². The van der Waals surface area contributed by atoms with Crippen LogP contribution in [0.2, 0.25) is 5.02 Å². The van der Waals surface area contributed by atoms with Crippen LogP contribution in [0.1, 0.15) is 18.1 Å². The van der Waals surface area contributed by atoms with E-state index >= 15 is 0 Å². The van der Waals surface area contributed by atoms with Crippen molar-refractivity contribution >= 4 is 23.2 Å². The van der Waals surface area contributed by atoms with Gasteiger partial charge in [0.05, 0.1) is 0 Å². The molecule has 2 N–H and O–H groups in total. The zero-order valence-electron chi connectivity index (χ0n) is 15.9. The minimum Gasteiger partial charge on any atom is -0.322 e. The first-order valence-corrected chi connectivity index (χ1v) is 10.3. The summed E-state index contributed by atoms with van der Waals surface area (Å²) in [7, 11) is 0. The molecule has 27 heavy (non-hydrogen) atoms. The molecule has 0 radical (unpaired) electrons. The van der Waals surface area contributed by atoms with Crippen molar-refractivity contribution < 1.29 is 14.6 Å². The van der Waals surface area contributed by atoms with E-state index in [1.807, 2.05) is 23.1 Å². The molecule has 0 spiro atoms. The summed E-state index contributed by atoms with van der Waals surface area (Å²) in [6.45, 7) is 8.26. The highest BCUT2D eigenvalue weighted by molar-refractivity contribution is 6.30. The first-order valence-electron chi connectivity index (χ1n) is 9.93. The number of piperazine rings is 1. The zero-order chi connectivity index (χ0) is 18.8. The molecular formula is C22H28ClN3O+2. The Morgan fingerprint density at radius 1 is 1.07 bits per heavy atom.